The molecular weight excluding hydrogens is 314 g/mol. The number of aliphatic carboxylic acids is 1. The van der Waals surface area contributed by atoms with Gasteiger partial charge in [-0.1, -0.05) is 11.3 Å². The highest BCUT2D eigenvalue weighted by molar-refractivity contribution is 9.11. The van der Waals surface area contributed by atoms with E-state index in [0.29, 0.717) is 5.13 Å². The van der Waals surface area contributed by atoms with Gasteiger partial charge in [0, 0.05) is 0 Å². The minimum atomic E-state index is -1.36. The first kappa shape index (κ1) is 13.9. The standard InChI is InChI=1S/C8H10BrN3O4S/c1-3(13)5(6(14)15)11-7(16)12-8-10-2-4(9)17-8/h2-3,5,13H,1H3,(H,14,15)(H2,10,11,12,16)/t3-,5+/m1/s1. The molecule has 0 aliphatic rings. The van der Waals surface area contributed by atoms with E-state index in [2.05, 4.69) is 31.5 Å². The summed E-state index contributed by atoms with van der Waals surface area (Å²) in [6, 6.07) is -2.10. The van der Waals surface area contributed by atoms with Crippen LogP contribution in [0.5, 0.6) is 0 Å². The Labute approximate surface area is 109 Å². The van der Waals surface area contributed by atoms with Gasteiger partial charge in [-0.05, 0) is 22.9 Å². The van der Waals surface area contributed by atoms with E-state index in [9.17, 15) is 9.59 Å². The SMILES string of the molecule is C[C@@H](O)[C@H](NC(=O)Nc1ncc(Br)s1)C(=O)O. The van der Waals surface area contributed by atoms with Crippen molar-refractivity contribution >= 4 is 44.4 Å². The maximum absolute atomic E-state index is 11.4. The molecule has 2 amide bonds. The molecule has 0 aromatic carbocycles. The molecule has 0 radical (unpaired) electrons. The number of aliphatic hydroxyl groups is 1. The van der Waals surface area contributed by atoms with E-state index in [4.69, 9.17) is 10.2 Å². The highest BCUT2D eigenvalue weighted by atomic mass is 79.9. The van der Waals surface area contributed by atoms with E-state index in [1.54, 1.807) is 0 Å². The Hall–Kier alpha value is -1.19. The Bertz CT molecular complexity index is 423. The number of carboxylic acids is 1. The van der Waals surface area contributed by atoms with Crippen LogP contribution in [0.2, 0.25) is 0 Å². The van der Waals surface area contributed by atoms with Crippen LogP contribution < -0.4 is 10.6 Å². The van der Waals surface area contributed by atoms with E-state index in [1.807, 2.05) is 0 Å². The summed E-state index contributed by atoms with van der Waals surface area (Å²) in [5, 5.41) is 22.7. The molecule has 9 heteroatoms. The zero-order valence-electron chi connectivity index (χ0n) is 8.68. The summed E-state index contributed by atoms with van der Waals surface area (Å²) in [5.74, 6) is -1.31. The third-order valence-electron chi connectivity index (χ3n) is 1.73. The summed E-state index contributed by atoms with van der Waals surface area (Å²) in [7, 11) is 0. The molecule has 1 aromatic rings. The van der Waals surface area contributed by atoms with Crippen molar-refractivity contribution in [1.82, 2.24) is 10.3 Å². The maximum atomic E-state index is 11.4. The molecule has 1 heterocycles. The predicted molar refractivity (Wildman–Crippen MR) is 65.1 cm³/mol. The van der Waals surface area contributed by atoms with Gasteiger partial charge in [-0.3, -0.25) is 5.32 Å². The Morgan fingerprint density at radius 3 is 2.65 bits per heavy atom. The van der Waals surface area contributed by atoms with Crippen LogP contribution in [0.4, 0.5) is 9.93 Å². The fourth-order valence-electron chi connectivity index (χ4n) is 0.975. The van der Waals surface area contributed by atoms with Crippen molar-refractivity contribution in [3.05, 3.63) is 9.98 Å². The number of amides is 2. The van der Waals surface area contributed by atoms with E-state index >= 15 is 0 Å². The number of thiazole rings is 1. The van der Waals surface area contributed by atoms with Gasteiger partial charge in [0.05, 0.1) is 16.1 Å². The third-order valence-corrected chi connectivity index (χ3v) is 3.12. The van der Waals surface area contributed by atoms with Crippen LogP contribution in [-0.2, 0) is 4.79 Å². The number of hydrogen-bond donors (Lipinski definition) is 4. The summed E-state index contributed by atoms with van der Waals surface area (Å²) < 4.78 is 0.734. The van der Waals surface area contributed by atoms with Gasteiger partial charge in [-0.15, -0.1) is 0 Å². The molecular formula is C8H10BrN3O4S. The Morgan fingerprint density at radius 1 is 1.59 bits per heavy atom. The van der Waals surface area contributed by atoms with Crippen molar-refractivity contribution in [3.63, 3.8) is 0 Å². The minimum absolute atomic E-state index is 0.323. The van der Waals surface area contributed by atoms with Gasteiger partial charge < -0.3 is 15.5 Å². The normalized spacial score (nSPS) is 13.8. The van der Waals surface area contributed by atoms with Crippen molar-refractivity contribution < 1.29 is 19.8 Å². The van der Waals surface area contributed by atoms with Crippen LogP contribution in [0, 0.1) is 0 Å². The van der Waals surface area contributed by atoms with Crippen LogP contribution in [0.25, 0.3) is 0 Å². The largest absolute Gasteiger partial charge is 0.480 e. The number of carboxylic acid groups (broad SMARTS) is 1. The number of aliphatic hydroxyl groups excluding tert-OH is 1. The van der Waals surface area contributed by atoms with Crippen LogP contribution in [0.15, 0.2) is 9.98 Å². The van der Waals surface area contributed by atoms with Crippen molar-refractivity contribution in [3.8, 4) is 0 Å². The number of hydrogen-bond acceptors (Lipinski definition) is 5. The van der Waals surface area contributed by atoms with Crippen molar-refractivity contribution in [2.45, 2.75) is 19.1 Å². The summed E-state index contributed by atoms with van der Waals surface area (Å²) >= 11 is 4.35. The van der Waals surface area contributed by atoms with Gasteiger partial charge in [0.2, 0.25) is 0 Å². The Morgan fingerprint density at radius 2 is 2.24 bits per heavy atom. The van der Waals surface area contributed by atoms with Gasteiger partial charge in [0.1, 0.15) is 0 Å². The molecule has 0 unspecified atom stereocenters. The molecule has 0 aliphatic heterocycles. The van der Waals surface area contributed by atoms with Crippen LogP contribution in [0.1, 0.15) is 6.92 Å². The van der Waals surface area contributed by atoms with Crippen molar-refractivity contribution in [1.29, 1.82) is 0 Å². The molecule has 4 N–H and O–H groups in total. The smallest absolute Gasteiger partial charge is 0.328 e. The summed E-state index contributed by atoms with van der Waals surface area (Å²) in [5.41, 5.74) is 0. The third kappa shape index (κ3) is 4.29. The fraction of sp³-hybridized carbons (Fsp3) is 0.375. The lowest BCUT2D eigenvalue weighted by molar-refractivity contribution is -0.141. The number of nitrogens with zero attached hydrogens (tertiary/aromatic N) is 1. The second-order valence-corrected chi connectivity index (χ2v) is 5.53. The lowest BCUT2D eigenvalue weighted by atomic mass is 10.2. The van der Waals surface area contributed by atoms with Crippen LogP contribution in [0.3, 0.4) is 0 Å². The second kappa shape index (κ2) is 5.94. The number of carbonyl (C=O) groups is 2. The molecule has 0 aliphatic carbocycles. The van der Waals surface area contributed by atoms with Gasteiger partial charge in [-0.2, -0.15) is 0 Å². The Kier molecular flexibility index (Phi) is 4.85. The lowest BCUT2D eigenvalue weighted by Gasteiger charge is -2.16. The molecule has 0 saturated heterocycles. The average molecular weight is 324 g/mol. The predicted octanol–water partition coefficient (Wildman–Crippen LogP) is 0.861. The summed E-state index contributed by atoms with van der Waals surface area (Å²) in [4.78, 5) is 25.9. The van der Waals surface area contributed by atoms with E-state index < -0.39 is 24.1 Å². The first-order valence-electron chi connectivity index (χ1n) is 4.50. The average Bonchev–Trinajstić information content (AvgIpc) is 2.59. The molecule has 17 heavy (non-hydrogen) atoms. The number of halogens is 1. The fourth-order valence-corrected chi connectivity index (χ4v) is 2.08. The molecule has 1 aromatic heterocycles. The minimum Gasteiger partial charge on any atom is -0.480 e. The molecule has 7 nitrogen and oxygen atoms in total. The van der Waals surface area contributed by atoms with E-state index in [0.717, 1.165) is 3.79 Å². The monoisotopic (exact) mass is 323 g/mol. The summed E-state index contributed by atoms with van der Waals surface area (Å²) in [6.45, 7) is 1.28. The zero-order valence-corrected chi connectivity index (χ0v) is 11.1. The lowest BCUT2D eigenvalue weighted by Crippen LogP contribution is -2.49. The molecule has 1 rings (SSSR count). The van der Waals surface area contributed by atoms with Crippen molar-refractivity contribution in [2.75, 3.05) is 5.32 Å². The second-order valence-electron chi connectivity index (χ2n) is 3.12. The molecule has 2 atom stereocenters. The number of anilines is 1. The quantitative estimate of drug-likeness (QED) is 0.656. The summed E-state index contributed by atoms with van der Waals surface area (Å²) in [6.07, 6.45) is 0.310. The number of urea groups is 1. The zero-order chi connectivity index (χ0) is 13.0. The molecule has 0 spiro atoms. The topological polar surface area (TPSA) is 112 Å². The number of nitrogens with one attached hydrogen (secondary N) is 2. The Balaban J connectivity index is 2.56. The highest BCUT2D eigenvalue weighted by Crippen LogP contribution is 2.22. The van der Waals surface area contributed by atoms with Crippen LogP contribution >= 0.6 is 27.3 Å². The van der Waals surface area contributed by atoms with Gasteiger partial charge in [-0.25, -0.2) is 14.6 Å². The molecule has 0 bridgehead atoms. The van der Waals surface area contributed by atoms with E-state index in [1.165, 1.54) is 24.5 Å². The van der Waals surface area contributed by atoms with Crippen LogP contribution in [-0.4, -0.2) is 39.3 Å². The highest BCUT2D eigenvalue weighted by Gasteiger charge is 2.25. The number of rotatable bonds is 4. The maximum Gasteiger partial charge on any atom is 0.328 e. The van der Waals surface area contributed by atoms with Crippen molar-refractivity contribution in [2.24, 2.45) is 0 Å². The number of aromatic nitrogens is 1. The van der Waals surface area contributed by atoms with Gasteiger partial charge >= 0.3 is 12.0 Å². The molecule has 0 fully saturated rings. The molecule has 0 saturated carbocycles. The van der Waals surface area contributed by atoms with Gasteiger partial charge in [0.25, 0.3) is 0 Å². The number of carbonyl (C=O) groups excluding carboxylic acids is 1. The first-order valence-corrected chi connectivity index (χ1v) is 6.11. The van der Waals surface area contributed by atoms with E-state index in [-0.39, 0.29) is 0 Å². The molecule has 94 valence electrons. The van der Waals surface area contributed by atoms with Gasteiger partial charge in [0.15, 0.2) is 11.2 Å². The first-order chi connectivity index (χ1) is 7.90.